The van der Waals surface area contributed by atoms with Crippen molar-refractivity contribution >= 4 is 5.78 Å². The molecular formula is C27H42O4. The highest BCUT2D eigenvalue weighted by atomic mass is 16.7. The first kappa shape index (κ1) is 21.1. The number of rotatable bonds is 0. The topological polar surface area (TPSA) is 55.8 Å². The first-order valence-electron chi connectivity index (χ1n) is 13.2. The Morgan fingerprint density at radius 2 is 1.81 bits per heavy atom. The van der Waals surface area contributed by atoms with Gasteiger partial charge in [-0.3, -0.25) is 4.79 Å². The fourth-order valence-corrected chi connectivity index (χ4v) is 9.93. The van der Waals surface area contributed by atoms with Crippen molar-refractivity contribution in [2.45, 2.75) is 103 Å². The molecule has 1 N–H and O–H groups in total. The van der Waals surface area contributed by atoms with Crippen molar-refractivity contribution in [2.24, 2.45) is 52.3 Å². The van der Waals surface area contributed by atoms with E-state index in [0.717, 1.165) is 51.6 Å². The zero-order valence-corrected chi connectivity index (χ0v) is 19.9. The molecule has 0 aromatic rings. The first-order chi connectivity index (χ1) is 14.7. The minimum atomic E-state index is -0.448. The molecule has 174 valence electrons. The largest absolute Gasteiger partial charge is 0.393 e. The summed E-state index contributed by atoms with van der Waals surface area (Å²) in [6.45, 7) is 10.1. The van der Waals surface area contributed by atoms with Gasteiger partial charge in [-0.2, -0.15) is 0 Å². The average Bonchev–Trinajstić information content (AvgIpc) is 3.18. The molecule has 4 saturated carbocycles. The molecular weight excluding hydrogens is 388 g/mol. The SMILES string of the molecule is C[C@@H]1CC[C@@]2(OC1)O[C@@H]1C[C@@H]3[C@@H]4CC[C@H]5C[C@H](O)CC[C@]5(C)[C@@H]4CC(=O)[C@]3(C)[C@H]1[C@@H]2C. The van der Waals surface area contributed by atoms with E-state index in [1.807, 2.05) is 0 Å². The molecule has 0 unspecified atom stereocenters. The minimum Gasteiger partial charge on any atom is -0.393 e. The lowest BCUT2D eigenvalue weighted by Crippen LogP contribution is -2.58. The summed E-state index contributed by atoms with van der Waals surface area (Å²) in [6.07, 6.45) is 9.39. The van der Waals surface area contributed by atoms with E-state index < -0.39 is 5.79 Å². The van der Waals surface area contributed by atoms with Gasteiger partial charge in [-0.05, 0) is 80.0 Å². The van der Waals surface area contributed by atoms with E-state index in [0.29, 0.717) is 41.3 Å². The van der Waals surface area contributed by atoms with Gasteiger partial charge < -0.3 is 14.6 Å². The lowest BCUT2D eigenvalue weighted by molar-refractivity contribution is -0.272. The van der Waals surface area contributed by atoms with E-state index in [2.05, 4.69) is 27.7 Å². The Balaban J connectivity index is 1.30. The van der Waals surface area contributed by atoms with Gasteiger partial charge in [-0.1, -0.05) is 27.7 Å². The van der Waals surface area contributed by atoms with Crippen LogP contribution in [0.15, 0.2) is 0 Å². The maximum absolute atomic E-state index is 14.0. The Morgan fingerprint density at radius 3 is 2.55 bits per heavy atom. The maximum atomic E-state index is 14.0. The second kappa shape index (κ2) is 6.79. The van der Waals surface area contributed by atoms with E-state index in [4.69, 9.17) is 9.47 Å². The summed E-state index contributed by atoms with van der Waals surface area (Å²) < 4.78 is 13.2. The van der Waals surface area contributed by atoms with Crippen LogP contribution in [0.2, 0.25) is 0 Å². The first-order valence-corrected chi connectivity index (χ1v) is 13.2. The number of ketones is 1. The highest BCUT2D eigenvalue weighted by Gasteiger charge is 2.71. The summed E-state index contributed by atoms with van der Waals surface area (Å²) in [5, 5.41) is 10.3. The second-order valence-corrected chi connectivity index (χ2v) is 13.0. The molecule has 12 atom stereocenters. The number of Topliss-reactive ketones (excluding diaryl/α,β-unsaturated/α-hetero) is 1. The number of ether oxygens (including phenoxy) is 2. The molecule has 0 radical (unpaired) electrons. The van der Waals surface area contributed by atoms with Crippen molar-refractivity contribution in [3.63, 3.8) is 0 Å². The van der Waals surface area contributed by atoms with E-state index in [1.54, 1.807) is 0 Å². The third-order valence-corrected chi connectivity index (χ3v) is 11.8. The van der Waals surface area contributed by atoms with E-state index in [9.17, 15) is 9.90 Å². The van der Waals surface area contributed by atoms with Crippen LogP contribution in [0.4, 0.5) is 0 Å². The van der Waals surface area contributed by atoms with E-state index in [-0.39, 0.29) is 29.0 Å². The van der Waals surface area contributed by atoms with Gasteiger partial charge in [0, 0.05) is 30.1 Å². The maximum Gasteiger partial charge on any atom is 0.171 e. The van der Waals surface area contributed by atoms with Gasteiger partial charge in [0.15, 0.2) is 5.79 Å². The molecule has 6 rings (SSSR count). The number of carbonyl (C=O) groups excluding carboxylic acids is 1. The summed E-state index contributed by atoms with van der Waals surface area (Å²) in [5.74, 6) is 3.45. The Hall–Kier alpha value is -0.450. The predicted molar refractivity (Wildman–Crippen MR) is 118 cm³/mol. The number of fused-ring (bicyclic) bond motifs is 7. The van der Waals surface area contributed by atoms with Crippen LogP contribution in [0.3, 0.4) is 0 Å². The molecule has 1 spiro atoms. The summed E-state index contributed by atoms with van der Waals surface area (Å²) in [6, 6.07) is 0. The van der Waals surface area contributed by atoms with Crippen LogP contribution >= 0.6 is 0 Å². The van der Waals surface area contributed by atoms with Gasteiger partial charge in [-0.15, -0.1) is 0 Å². The average molecular weight is 431 g/mol. The van der Waals surface area contributed by atoms with Crippen molar-refractivity contribution in [3.8, 4) is 0 Å². The normalized spacial score (nSPS) is 60.9. The van der Waals surface area contributed by atoms with Gasteiger partial charge in [0.25, 0.3) is 0 Å². The quantitative estimate of drug-likeness (QED) is 0.589. The van der Waals surface area contributed by atoms with Gasteiger partial charge in [0.2, 0.25) is 0 Å². The van der Waals surface area contributed by atoms with Crippen LogP contribution in [0.1, 0.15) is 85.5 Å². The molecule has 4 nitrogen and oxygen atoms in total. The molecule has 4 aliphatic carbocycles. The summed E-state index contributed by atoms with van der Waals surface area (Å²) in [7, 11) is 0. The van der Waals surface area contributed by atoms with Gasteiger partial charge >= 0.3 is 0 Å². The third-order valence-electron chi connectivity index (χ3n) is 11.8. The molecule has 4 heteroatoms. The zero-order chi connectivity index (χ0) is 21.8. The summed E-state index contributed by atoms with van der Waals surface area (Å²) >= 11 is 0. The monoisotopic (exact) mass is 430 g/mol. The Labute approximate surface area is 187 Å². The van der Waals surface area contributed by atoms with Gasteiger partial charge in [0.05, 0.1) is 18.8 Å². The Morgan fingerprint density at radius 1 is 1.00 bits per heavy atom. The van der Waals surface area contributed by atoms with Crippen LogP contribution in [0, 0.1) is 52.3 Å². The molecule has 2 aliphatic heterocycles. The molecule has 31 heavy (non-hydrogen) atoms. The van der Waals surface area contributed by atoms with Crippen molar-refractivity contribution in [1.82, 2.24) is 0 Å². The van der Waals surface area contributed by atoms with Crippen LogP contribution in [0.25, 0.3) is 0 Å². The van der Waals surface area contributed by atoms with E-state index in [1.165, 1.54) is 12.8 Å². The predicted octanol–water partition coefficient (Wildman–Crippen LogP) is 4.97. The van der Waals surface area contributed by atoms with Crippen LogP contribution in [-0.4, -0.2) is 35.5 Å². The van der Waals surface area contributed by atoms with Crippen LogP contribution in [0.5, 0.6) is 0 Å². The lowest BCUT2D eigenvalue weighted by Gasteiger charge is -2.60. The van der Waals surface area contributed by atoms with Gasteiger partial charge in [0.1, 0.15) is 5.78 Å². The fourth-order valence-electron chi connectivity index (χ4n) is 9.93. The summed E-state index contributed by atoms with van der Waals surface area (Å²) in [4.78, 5) is 14.0. The highest BCUT2D eigenvalue weighted by Crippen LogP contribution is 2.70. The standard InChI is InChI=1S/C27H42O4/c1-15-7-10-27(30-14-15)16(2)24-22(31-27)12-21-19-6-5-17-11-18(28)8-9-25(17,3)20(19)13-23(29)26(21,24)4/h15-22,24,28H,5-14H2,1-4H3/t15-,16+,17+,18-,19-,20-,21-,22-,24+,25+,26-,27-/m1/s1. The Bertz CT molecular complexity index is 756. The van der Waals surface area contributed by atoms with Crippen LogP contribution in [-0.2, 0) is 14.3 Å². The fraction of sp³-hybridized carbons (Fsp3) is 0.963. The molecule has 0 aromatic heterocycles. The number of hydrogen-bond donors (Lipinski definition) is 1. The molecule has 6 aliphatic rings. The van der Waals surface area contributed by atoms with Crippen LogP contribution < -0.4 is 0 Å². The molecule has 6 fully saturated rings. The minimum absolute atomic E-state index is 0.131. The summed E-state index contributed by atoms with van der Waals surface area (Å²) in [5.41, 5.74) is -0.0221. The van der Waals surface area contributed by atoms with Crippen molar-refractivity contribution in [2.75, 3.05) is 6.61 Å². The molecule has 0 amide bonds. The molecule has 2 heterocycles. The lowest BCUT2D eigenvalue weighted by atomic mass is 9.44. The number of aliphatic hydroxyl groups is 1. The van der Waals surface area contributed by atoms with Crippen molar-refractivity contribution < 1.29 is 19.4 Å². The zero-order valence-electron chi connectivity index (χ0n) is 19.9. The smallest absolute Gasteiger partial charge is 0.171 e. The molecule has 0 aromatic carbocycles. The number of hydrogen-bond acceptors (Lipinski definition) is 4. The van der Waals surface area contributed by atoms with Crippen molar-refractivity contribution in [1.29, 1.82) is 0 Å². The highest BCUT2D eigenvalue weighted by molar-refractivity contribution is 5.87. The van der Waals surface area contributed by atoms with Gasteiger partial charge in [-0.25, -0.2) is 0 Å². The van der Waals surface area contributed by atoms with Crippen molar-refractivity contribution in [3.05, 3.63) is 0 Å². The van der Waals surface area contributed by atoms with E-state index >= 15 is 0 Å². The molecule has 2 saturated heterocycles. The third kappa shape index (κ3) is 2.68. The Kier molecular flexibility index (Phi) is 4.62. The molecule has 0 bridgehead atoms. The number of carbonyl (C=O) groups is 1. The second-order valence-electron chi connectivity index (χ2n) is 13.0. The number of aliphatic hydroxyl groups excluding tert-OH is 1.